The van der Waals surface area contributed by atoms with Gasteiger partial charge in [-0.05, 0) is 17.7 Å². The minimum atomic E-state index is -4.73. The molecule has 1 amide bonds. The van der Waals surface area contributed by atoms with E-state index in [0.29, 0.717) is 25.4 Å². The summed E-state index contributed by atoms with van der Waals surface area (Å²) in [7, 11) is 1.24. The van der Waals surface area contributed by atoms with Crippen LogP contribution in [0.2, 0.25) is 5.02 Å². The van der Waals surface area contributed by atoms with E-state index in [1.54, 1.807) is 18.2 Å². The lowest BCUT2D eigenvalue weighted by Crippen LogP contribution is -2.35. The van der Waals surface area contributed by atoms with E-state index in [0.717, 1.165) is 23.3 Å². The average Bonchev–Trinajstić information content (AvgIpc) is 2.91. The molecule has 0 atom stereocenters. The summed E-state index contributed by atoms with van der Waals surface area (Å²) in [4.78, 5) is 14.7. The van der Waals surface area contributed by atoms with Crippen molar-refractivity contribution >= 4 is 23.2 Å². The third-order valence-corrected chi connectivity index (χ3v) is 4.53. The van der Waals surface area contributed by atoms with Gasteiger partial charge in [-0.1, -0.05) is 23.7 Å². The van der Waals surface area contributed by atoms with Gasteiger partial charge in [0.05, 0.1) is 13.2 Å². The summed E-state index contributed by atoms with van der Waals surface area (Å²) < 4.78 is 44.8. The number of aryl methyl sites for hydroxylation is 1. The monoisotopic (exact) mass is 402 g/mol. The number of carbonyl (C=O) groups excluding carboxylic acids is 1. The molecule has 1 aromatic carbocycles. The Hall–Kier alpha value is -2.10. The lowest BCUT2D eigenvalue weighted by Gasteiger charge is -2.26. The Morgan fingerprint density at radius 1 is 1.33 bits per heavy atom. The van der Waals surface area contributed by atoms with Crippen LogP contribution in [0.15, 0.2) is 24.3 Å². The van der Waals surface area contributed by atoms with Crippen molar-refractivity contribution in [3.8, 4) is 0 Å². The summed E-state index contributed by atoms with van der Waals surface area (Å²) in [6.07, 6.45) is -4.73. The molecule has 1 aliphatic rings. The quantitative estimate of drug-likeness (QED) is 0.853. The number of nitrogens with one attached hydrogen (secondary N) is 1. The topological polar surface area (TPSA) is 59.4 Å². The Labute approximate surface area is 158 Å². The predicted molar refractivity (Wildman–Crippen MR) is 93.7 cm³/mol. The first kappa shape index (κ1) is 19.7. The van der Waals surface area contributed by atoms with Crippen LogP contribution in [0, 0.1) is 0 Å². The first-order valence-corrected chi connectivity index (χ1v) is 8.63. The van der Waals surface area contributed by atoms with E-state index in [2.05, 4.69) is 15.3 Å². The van der Waals surface area contributed by atoms with E-state index in [-0.39, 0.29) is 5.69 Å². The van der Waals surface area contributed by atoms with E-state index in [1.807, 2.05) is 6.07 Å². The second kappa shape index (κ2) is 7.87. The number of morpholine rings is 1. The molecule has 0 saturated carbocycles. The molecule has 146 valence electrons. The van der Waals surface area contributed by atoms with Gasteiger partial charge in [0.15, 0.2) is 5.69 Å². The highest BCUT2D eigenvalue weighted by Gasteiger charge is 2.39. The zero-order valence-corrected chi connectivity index (χ0v) is 15.3. The van der Waals surface area contributed by atoms with E-state index >= 15 is 0 Å². The number of amides is 1. The fourth-order valence-electron chi connectivity index (χ4n) is 2.88. The number of hydrogen-bond acceptors (Lipinski definition) is 4. The van der Waals surface area contributed by atoms with E-state index < -0.39 is 22.8 Å². The maximum absolute atomic E-state index is 12.9. The molecule has 2 aromatic rings. The average molecular weight is 403 g/mol. The van der Waals surface area contributed by atoms with Gasteiger partial charge in [-0.15, -0.1) is 0 Å². The number of nitrogens with zero attached hydrogens (tertiary/aromatic N) is 3. The molecule has 1 aliphatic heterocycles. The smallest absolute Gasteiger partial charge is 0.379 e. The van der Waals surface area contributed by atoms with Gasteiger partial charge in [-0.2, -0.15) is 18.3 Å². The van der Waals surface area contributed by atoms with Crippen LogP contribution in [-0.2, 0) is 24.5 Å². The molecule has 0 spiro atoms. The van der Waals surface area contributed by atoms with E-state index in [9.17, 15) is 18.0 Å². The lowest BCUT2D eigenvalue weighted by molar-refractivity contribution is -0.141. The Morgan fingerprint density at radius 3 is 2.67 bits per heavy atom. The van der Waals surface area contributed by atoms with Crippen molar-refractivity contribution in [1.29, 1.82) is 0 Å². The van der Waals surface area contributed by atoms with Crippen molar-refractivity contribution in [2.45, 2.75) is 12.7 Å². The fraction of sp³-hybridized carbons (Fsp3) is 0.412. The number of carbonyl (C=O) groups is 1. The van der Waals surface area contributed by atoms with Crippen LogP contribution in [-0.4, -0.2) is 46.9 Å². The molecule has 0 aliphatic carbocycles. The first-order chi connectivity index (χ1) is 12.8. The van der Waals surface area contributed by atoms with Crippen LogP contribution >= 0.6 is 11.6 Å². The Balaban J connectivity index is 1.75. The van der Waals surface area contributed by atoms with Gasteiger partial charge >= 0.3 is 6.18 Å². The second-order valence-corrected chi connectivity index (χ2v) is 6.55. The van der Waals surface area contributed by atoms with Gasteiger partial charge in [0, 0.05) is 32.4 Å². The molecule has 27 heavy (non-hydrogen) atoms. The van der Waals surface area contributed by atoms with Gasteiger partial charge in [-0.3, -0.25) is 14.4 Å². The maximum atomic E-state index is 12.9. The van der Waals surface area contributed by atoms with Crippen LogP contribution in [0.3, 0.4) is 0 Å². The maximum Gasteiger partial charge on any atom is 0.436 e. The van der Waals surface area contributed by atoms with Gasteiger partial charge in [-0.25, -0.2) is 0 Å². The molecule has 0 bridgehead atoms. The summed E-state index contributed by atoms with van der Waals surface area (Å²) in [5, 5.41) is 5.19. The van der Waals surface area contributed by atoms with Crippen molar-refractivity contribution in [2.75, 3.05) is 31.6 Å². The van der Waals surface area contributed by atoms with E-state index in [4.69, 9.17) is 16.3 Å². The number of benzene rings is 1. The highest BCUT2D eigenvalue weighted by molar-refractivity contribution is 6.34. The highest BCUT2D eigenvalue weighted by Crippen LogP contribution is 2.35. The lowest BCUT2D eigenvalue weighted by atomic mass is 10.1. The zero-order chi connectivity index (χ0) is 19.6. The third-order valence-electron chi connectivity index (χ3n) is 4.17. The Bertz CT molecular complexity index is 832. The van der Waals surface area contributed by atoms with Crippen LogP contribution in [0.1, 0.15) is 21.7 Å². The molecular weight excluding hydrogens is 385 g/mol. The van der Waals surface area contributed by atoms with Gasteiger partial charge in [0.1, 0.15) is 10.7 Å². The largest absolute Gasteiger partial charge is 0.436 e. The predicted octanol–water partition coefficient (Wildman–Crippen LogP) is 3.18. The molecule has 1 saturated heterocycles. The molecule has 1 N–H and O–H groups in total. The van der Waals surface area contributed by atoms with Crippen molar-refractivity contribution in [1.82, 2.24) is 14.7 Å². The summed E-state index contributed by atoms with van der Waals surface area (Å²) in [5.74, 6) is -0.756. The zero-order valence-electron chi connectivity index (χ0n) is 14.5. The minimum absolute atomic E-state index is 0.345. The fourth-order valence-corrected chi connectivity index (χ4v) is 3.23. The summed E-state index contributed by atoms with van der Waals surface area (Å²) in [6.45, 7) is 3.69. The summed E-state index contributed by atoms with van der Waals surface area (Å²) in [5.41, 5.74) is -0.182. The number of alkyl halides is 3. The molecule has 0 unspecified atom stereocenters. The molecule has 3 rings (SSSR count). The number of anilines is 1. The number of rotatable bonds is 4. The van der Waals surface area contributed by atoms with Crippen LogP contribution in [0.25, 0.3) is 0 Å². The molecule has 2 heterocycles. The van der Waals surface area contributed by atoms with Crippen LogP contribution in [0.5, 0.6) is 0 Å². The number of hydrogen-bond donors (Lipinski definition) is 1. The standard InChI is InChI=1S/C17H18ClF3N4O2/c1-24-14(13(18)15(23-24)17(19,20)21)16(26)22-12-4-2-3-11(9-12)10-25-5-7-27-8-6-25/h2-4,9H,5-8,10H2,1H3,(H,22,26). The number of ether oxygens (including phenoxy) is 1. The van der Waals surface area contributed by atoms with Crippen molar-refractivity contribution < 1.29 is 22.7 Å². The van der Waals surface area contributed by atoms with E-state index in [1.165, 1.54) is 7.05 Å². The second-order valence-electron chi connectivity index (χ2n) is 6.18. The molecular formula is C17H18ClF3N4O2. The third kappa shape index (κ3) is 4.60. The van der Waals surface area contributed by atoms with Crippen molar-refractivity contribution in [3.63, 3.8) is 0 Å². The molecule has 0 radical (unpaired) electrons. The van der Waals surface area contributed by atoms with Gasteiger partial charge in [0.25, 0.3) is 5.91 Å². The normalized spacial score (nSPS) is 15.7. The molecule has 6 nitrogen and oxygen atoms in total. The number of aromatic nitrogens is 2. The first-order valence-electron chi connectivity index (χ1n) is 8.26. The van der Waals surface area contributed by atoms with Gasteiger partial charge < -0.3 is 10.1 Å². The molecule has 10 heteroatoms. The Kier molecular flexibility index (Phi) is 5.73. The minimum Gasteiger partial charge on any atom is -0.379 e. The van der Waals surface area contributed by atoms with Gasteiger partial charge in [0.2, 0.25) is 0 Å². The van der Waals surface area contributed by atoms with Crippen molar-refractivity contribution in [2.24, 2.45) is 7.05 Å². The SMILES string of the molecule is Cn1nc(C(F)(F)F)c(Cl)c1C(=O)Nc1cccc(CN2CCOCC2)c1. The molecule has 1 aromatic heterocycles. The van der Waals surface area contributed by atoms with Crippen molar-refractivity contribution in [3.05, 3.63) is 46.2 Å². The molecule has 1 fully saturated rings. The van der Waals surface area contributed by atoms with Crippen LogP contribution < -0.4 is 5.32 Å². The highest BCUT2D eigenvalue weighted by atomic mass is 35.5. The number of halogens is 4. The summed E-state index contributed by atoms with van der Waals surface area (Å²) in [6, 6.07) is 7.14. The van der Waals surface area contributed by atoms with Crippen LogP contribution in [0.4, 0.5) is 18.9 Å². The Morgan fingerprint density at radius 2 is 2.04 bits per heavy atom. The summed E-state index contributed by atoms with van der Waals surface area (Å²) >= 11 is 5.75.